The minimum atomic E-state index is -0.123. The van der Waals surface area contributed by atoms with Gasteiger partial charge in [0.25, 0.3) is 0 Å². The third-order valence-corrected chi connectivity index (χ3v) is 1.46. The fourth-order valence-electron chi connectivity index (χ4n) is 0.540. The van der Waals surface area contributed by atoms with Crippen LogP contribution in [0.3, 0.4) is 0 Å². The Labute approximate surface area is 56.8 Å². The lowest BCUT2D eigenvalue weighted by Gasteiger charge is -2.20. The van der Waals surface area contributed by atoms with Crippen molar-refractivity contribution in [1.29, 1.82) is 0 Å². The van der Waals surface area contributed by atoms with E-state index in [0.29, 0.717) is 0 Å². The second-order valence-electron chi connectivity index (χ2n) is 2.27. The summed E-state index contributed by atoms with van der Waals surface area (Å²) >= 11 is 0. The lowest BCUT2D eigenvalue weighted by Crippen LogP contribution is -2.28. The first kappa shape index (κ1) is 8.50. The van der Waals surface area contributed by atoms with Crippen LogP contribution in [0.15, 0.2) is 12.3 Å². The van der Waals surface area contributed by atoms with Gasteiger partial charge >= 0.3 is 0 Å². The first-order valence-electron chi connectivity index (χ1n) is 3.19. The van der Waals surface area contributed by atoms with Crippen molar-refractivity contribution in [3.63, 3.8) is 0 Å². The van der Waals surface area contributed by atoms with Crippen LogP contribution in [-0.4, -0.2) is 23.3 Å². The van der Waals surface area contributed by atoms with Crippen LogP contribution in [0.2, 0.25) is 0 Å². The van der Waals surface area contributed by atoms with Gasteiger partial charge in [-0.15, -0.1) is 0 Å². The lowest BCUT2D eigenvalue weighted by atomic mass is 10.3. The molecule has 0 saturated carbocycles. The van der Waals surface area contributed by atoms with E-state index in [9.17, 15) is 0 Å². The van der Waals surface area contributed by atoms with Crippen LogP contribution in [0.1, 0.15) is 20.3 Å². The Bertz CT molecular complexity index is 101. The molecule has 0 amide bonds. The van der Waals surface area contributed by atoms with Gasteiger partial charge in [0.2, 0.25) is 6.23 Å². The van der Waals surface area contributed by atoms with Crippen LogP contribution < -0.4 is 0 Å². The van der Waals surface area contributed by atoms with Gasteiger partial charge in [0, 0.05) is 19.2 Å². The van der Waals surface area contributed by atoms with E-state index < -0.39 is 0 Å². The zero-order chi connectivity index (χ0) is 7.44. The summed E-state index contributed by atoms with van der Waals surface area (Å²) in [5, 5.41) is 7.42. The Morgan fingerprint density at radius 1 is 1.78 bits per heavy atom. The molecule has 0 aliphatic rings. The molecular weight excluding hydrogens is 114 g/mol. The fraction of sp³-hybridized carbons (Fsp3) is 0.714. The van der Waals surface area contributed by atoms with Crippen molar-refractivity contribution >= 4 is 0 Å². The van der Waals surface area contributed by atoms with E-state index in [0.717, 1.165) is 12.1 Å². The zero-order valence-corrected chi connectivity index (χ0v) is 6.44. The van der Waals surface area contributed by atoms with Crippen molar-refractivity contribution in [2.45, 2.75) is 26.5 Å². The zero-order valence-electron chi connectivity index (χ0n) is 6.44. The highest BCUT2D eigenvalue weighted by Gasteiger charge is 2.10. The molecular formula is C7H16NO+. The third kappa shape index (κ3) is 2.51. The second kappa shape index (κ2) is 3.51. The van der Waals surface area contributed by atoms with Crippen LogP contribution in [0.4, 0.5) is 0 Å². The molecule has 0 unspecified atom stereocenters. The van der Waals surface area contributed by atoms with E-state index in [1.807, 2.05) is 25.8 Å². The standard InChI is InChI=1S/C7H15NO/c1-5-7(9)8(4)6(2)3/h7,9H,2,5H2,1,3-4H3/p+1/t7-/m1/s1. The summed E-state index contributed by atoms with van der Waals surface area (Å²) in [4.78, 5) is 1.86. The minimum Gasteiger partial charge on any atom is -0.427 e. The molecule has 2 heteroatoms. The van der Waals surface area contributed by atoms with Gasteiger partial charge in [-0.2, -0.15) is 0 Å². The van der Waals surface area contributed by atoms with E-state index >= 15 is 0 Å². The maximum absolute atomic E-state index is 7.42. The first-order valence-corrected chi connectivity index (χ1v) is 3.19. The van der Waals surface area contributed by atoms with E-state index in [2.05, 4.69) is 6.58 Å². The largest absolute Gasteiger partial charge is 0.427 e. The molecule has 0 saturated heterocycles. The molecule has 0 aromatic carbocycles. The van der Waals surface area contributed by atoms with E-state index in [1.165, 1.54) is 0 Å². The van der Waals surface area contributed by atoms with Gasteiger partial charge in [-0.1, -0.05) is 13.5 Å². The van der Waals surface area contributed by atoms with Gasteiger partial charge in [0.05, 0.1) is 0 Å². The molecule has 1 atom stereocenters. The molecule has 0 fully saturated rings. The molecule has 0 aromatic rings. The summed E-state index contributed by atoms with van der Waals surface area (Å²) in [6.45, 7) is 7.64. The SMILES string of the molecule is C=C(C)N(C)[C@H]([OH2+])CC. The maximum atomic E-state index is 7.42. The van der Waals surface area contributed by atoms with Gasteiger partial charge in [0.15, 0.2) is 0 Å². The van der Waals surface area contributed by atoms with E-state index in [4.69, 9.17) is 5.11 Å². The molecule has 0 rings (SSSR count). The van der Waals surface area contributed by atoms with Crippen LogP contribution >= 0.6 is 0 Å². The average Bonchev–Trinajstić information content (AvgIpc) is 1.84. The van der Waals surface area contributed by atoms with Crippen LogP contribution in [0, 0.1) is 0 Å². The fourth-order valence-corrected chi connectivity index (χ4v) is 0.540. The quantitative estimate of drug-likeness (QED) is 0.412. The van der Waals surface area contributed by atoms with Crippen LogP contribution in [0.25, 0.3) is 0 Å². The Morgan fingerprint density at radius 3 is 2.33 bits per heavy atom. The first-order chi connectivity index (χ1) is 4.09. The summed E-state index contributed by atoms with van der Waals surface area (Å²) < 4.78 is 0. The number of nitrogens with zero attached hydrogens (tertiary/aromatic N) is 1. The van der Waals surface area contributed by atoms with Gasteiger partial charge in [-0.25, -0.2) is 0 Å². The van der Waals surface area contributed by atoms with Crippen molar-refractivity contribution in [3.05, 3.63) is 12.3 Å². The van der Waals surface area contributed by atoms with E-state index in [-0.39, 0.29) is 6.23 Å². The molecule has 54 valence electrons. The smallest absolute Gasteiger partial charge is 0.232 e. The van der Waals surface area contributed by atoms with Gasteiger partial charge in [0.1, 0.15) is 0 Å². The van der Waals surface area contributed by atoms with Gasteiger partial charge < -0.3 is 10.0 Å². The lowest BCUT2D eigenvalue weighted by molar-refractivity contribution is 0.0435. The van der Waals surface area contributed by atoms with Crippen LogP contribution in [0.5, 0.6) is 0 Å². The molecule has 0 bridgehead atoms. The molecule has 9 heavy (non-hydrogen) atoms. The Kier molecular flexibility index (Phi) is 3.32. The van der Waals surface area contributed by atoms with E-state index in [1.54, 1.807) is 0 Å². The summed E-state index contributed by atoms with van der Waals surface area (Å²) in [6, 6.07) is 0. The molecule has 0 spiro atoms. The van der Waals surface area contributed by atoms with Crippen molar-refractivity contribution in [1.82, 2.24) is 4.90 Å². The van der Waals surface area contributed by atoms with Crippen LogP contribution in [-0.2, 0) is 0 Å². The van der Waals surface area contributed by atoms with Crippen molar-refractivity contribution in [2.24, 2.45) is 0 Å². The summed E-state index contributed by atoms with van der Waals surface area (Å²) in [5.74, 6) is 0. The molecule has 0 heterocycles. The normalized spacial score (nSPS) is 12.9. The Morgan fingerprint density at radius 2 is 2.22 bits per heavy atom. The monoisotopic (exact) mass is 130 g/mol. The molecule has 0 radical (unpaired) electrons. The minimum absolute atomic E-state index is 0.123. The average molecular weight is 130 g/mol. The van der Waals surface area contributed by atoms with Crippen molar-refractivity contribution in [2.75, 3.05) is 7.05 Å². The third-order valence-electron chi connectivity index (χ3n) is 1.46. The highest BCUT2D eigenvalue weighted by atomic mass is 16.3. The highest BCUT2D eigenvalue weighted by Crippen LogP contribution is 2.03. The van der Waals surface area contributed by atoms with Gasteiger partial charge in [-0.05, 0) is 6.92 Å². The number of hydrogen-bond acceptors (Lipinski definition) is 1. The summed E-state index contributed by atoms with van der Waals surface area (Å²) in [5.41, 5.74) is 0.955. The molecule has 0 aliphatic heterocycles. The predicted octanol–water partition coefficient (Wildman–Crippen LogP) is 0.912. The molecule has 0 aliphatic carbocycles. The second-order valence-corrected chi connectivity index (χ2v) is 2.27. The number of allylic oxidation sites excluding steroid dienone is 1. The summed E-state index contributed by atoms with van der Waals surface area (Å²) in [7, 11) is 1.89. The molecule has 0 aromatic heterocycles. The molecule has 2 nitrogen and oxygen atoms in total. The topological polar surface area (TPSA) is 26.1 Å². The van der Waals surface area contributed by atoms with Crippen molar-refractivity contribution < 1.29 is 5.11 Å². The predicted molar refractivity (Wildman–Crippen MR) is 40.3 cm³/mol. The maximum Gasteiger partial charge on any atom is 0.232 e. The molecule has 2 N–H and O–H groups in total. The van der Waals surface area contributed by atoms with Gasteiger partial charge in [-0.3, -0.25) is 0 Å². The summed E-state index contributed by atoms with van der Waals surface area (Å²) in [6.07, 6.45) is 0.728. The Hall–Kier alpha value is -0.500. The highest BCUT2D eigenvalue weighted by molar-refractivity contribution is 4.86. The number of rotatable bonds is 3. The van der Waals surface area contributed by atoms with Crippen molar-refractivity contribution in [3.8, 4) is 0 Å². The Balaban J connectivity index is 3.72. The number of hydrogen-bond donors (Lipinski definition) is 0.